The second-order valence-corrected chi connectivity index (χ2v) is 10.1. The third kappa shape index (κ3) is 4.31. The van der Waals surface area contributed by atoms with E-state index in [0.29, 0.717) is 0 Å². The van der Waals surface area contributed by atoms with E-state index in [9.17, 15) is 5.11 Å². The van der Waals surface area contributed by atoms with Crippen LogP contribution >= 0.6 is 11.9 Å². The van der Waals surface area contributed by atoms with Crippen LogP contribution < -0.4 is 4.74 Å². The van der Waals surface area contributed by atoms with Crippen molar-refractivity contribution in [2.45, 2.75) is 50.8 Å². The molecule has 3 aromatic carbocycles. The number of aliphatic hydroxyl groups excluding tert-OH is 1. The Balaban J connectivity index is 1.43. The zero-order chi connectivity index (χ0) is 23.8. The van der Waals surface area contributed by atoms with Crippen LogP contribution in [-0.2, 0) is 13.6 Å². The highest BCUT2D eigenvalue weighted by Gasteiger charge is 2.24. The topological polar surface area (TPSA) is 63.4 Å². The van der Waals surface area contributed by atoms with Crippen LogP contribution in [0.15, 0.2) is 59.5 Å². The molecule has 1 N–H and O–H groups in total. The smallest absolute Gasteiger partial charge is 0.134 e. The fourth-order valence-corrected chi connectivity index (χ4v) is 5.57. The molecule has 0 aliphatic carbocycles. The van der Waals surface area contributed by atoms with Crippen LogP contribution in [0.4, 0.5) is 0 Å². The first-order chi connectivity index (χ1) is 16.4. The van der Waals surface area contributed by atoms with Gasteiger partial charge in [-0.1, -0.05) is 48.5 Å². The third-order valence-corrected chi connectivity index (χ3v) is 7.71. The number of aromatic nitrogens is 3. The number of hydrogen-bond donors (Lipinski definition) is 1. The first-order valence-electron chi connectivity index (χ1n) is 11.7. The van der Waals surface area contributed by atoms with Crippen LogP contribution in [0.1, 0.15) is 47.3 Å². The molecule has 2 atom stereocenters. The quantitative estimate of drug-likeness (QED) is 0.394. The summed E-state index contributed by atoms with van der Waals surface area (Å²) in [6.45, 7) is 7.91. The van der Waals surface area contributed by atoms with E-state index in [4.69, 9.17) is 4.74 Å². The molecule has 1 aromatic heterocycles. The lowest BCUT2D eigenvalue weighted by molar-refractivity contribution is 0.170. The summed E-state index contributed by atoms with van der Waals surface area (Å²) in [5.41, 5.74) is 6.92. The number of nitrogens with zero attached hydrogens (tertiary/aromatic N) is 4. The Bertz CT molecular complexity index is 1340. The van der Waals surface area contributed by atoms with Gasteiger partial charge in [-0.3, -0.25) is 0 Å². The second kappa shape index (κ2) is 9.41. The van der Waals surface area contributed by atoms with Crippen molar-refractivity contribution < 1.29 is 9.84 Å². The van der Waals surface area contributed by atoms with E-state index < -0.39 is 6.10 Å². The Morgan fingerprint density at radius 3 is 2.79 bits per heavy atom. The Morgan fingerprint density at radius 2 is 1.97 bits per heavy atom. The summed E-state index contributed by atoms with van der Waals surface area (Å²) in [4.78, 5) is 1.14. The zero-order valence-electron chi connectivity index (χ0n) is 20.0. The van der Waals surface area contributed by atoms with Crippen LogP contribution in [-0.4, -0.2) is 37.1 Å². The number of para-hydroxylation sites is 1. The van der Waals surface area contributed by atoms with Crippen LogP contribution in [0.3, 0.4) is 0 Å². The standard InChI is InChI=1S/C27H30N4O2S/c1-5-21-16-31(34-25-9-7-6-8-24(25)33-21)15-20-14-19(11-10-17(20)2)27(32)22-12-13-23-26(18(22)3)28-29-30(23)4/h6-14,21,27,32H,5,15-16H2,1-4H3/t21-,27?/m1/s1. The first kappa shape index (κ1) is 22.9. The highest BCUT2D eigenvalue weighted by atomic mass is 32.2. The minimum atomic E-state index is -0.727. The van der Waals surface area contributed by atoms with Gasteiger partial charge in [0.25, 0.3) is 0 Å². The fourth-order valence-electron chi connectivity index (χ4n) is 4.50. The van der Waals surface area contributed by atoms with Gasteiger partial charge >= 0.3 is 0 Å². The van der Waals surface area contributed by atoms with Crippen LogP contribution in [0.2, 0.25) is 0 Å². The fraction of sp³-hybridized carbons (Fsp3) is 0.333. The molecule has 0 bridgehead atoms. The van der Waals surface area contributed by atoms with E-state index in [-0.39, 0.29) is 6.10 Å². The largest absolute Gasteiger partial charge is 0.488 e. The van der Waals surface area contributed by atoms with E-state index in [1.807, 2.05) is 44.3 Å². The molecular weight excluding hydrogens is 444 g/mol. The predicted molar refractivity (Wildman–Crippen MR) is 136 cm³/mol. The number of aliphatic hydroxyl groups is 1. The van der Waals surface area contributed by atoms with Crippen molar-refractivity contribution in [2.24, 2.45) is 7.05 Å². The van der Waals surface area contributed by atoms with Crippen molar-refractivity contribution in [3.63, 3.8) is 0 Å². The maximum atomic E-state index is 11.3. The van der Waals surface area contributed by atoms with Crippen molar-refractivity contribution in [3.8, 4) is 5.75 Å². The summed E-state index contributed by atoms with van der Waals surface area (Å²) in [6.07, 6.45) is 0.370. The van der Waals surface area contributed by atoms with Crippen molar-refractivity contribution >= 4 is 23.0 Å². The maximum Gasteiger partial charge on any atom is 0.134 e. The van der Waals surface area contributed by atoms with Crippen molar-refractivity contribution in [1.29, 1.82) is 0 Å². The third-order valence-electron chi connectivity index (χ3n) is 6.64. The van der Waals surface area contributed by atoms with Crippen molar-refractivity contribution in [3.05, 3.63) is 82.4 Å². The van der Waals surface area contributed by atoms with Crippen molar-refractivity contribution in [1.82, 2.24) is 19.3 Å². The molecule has 34 heavy (non-hydrogen) atoms. The lowest BCUT2D eigenvalue weighted by Crippen LogP contribution is -2.29. The number of fused-ring (bicyclic) bond motifs is 2. The van der Waals surface area contributed by atoms with E-state index in [2.05, 4.69) is 52.7 Å². The Labute approximate surface area is 204 Å². The number of aryl methyl sites for hydroxylation is 3. The molecule has 1 aliphatic rings. The molecule has 0 saturated heterocycles. The molecule has 7 heteroatoms. The van der Waals surface area contributed by atoms with Gasteiger partial charge in [0.15, 0.2) is 0 Å². The summed E-state index contributed by atoms with van der Waals surface area (Å²) < 4.78 is 10.4. The molecule has 1 unspecified atom stereocenters. The van der Waals surface area contributed by atoms with E-state index in [1.165, 1.54) is 11.1 Å². The van der Waals surface area contributed by atoms with Crippen molar-refractivity contribution in [2.75, 3.05) is 6.54 Å². The normalized spacial score (nSPS) is 17.3. The van der Waals surface area contributed by atoms with E-state index in [1.54, 1.807) is 16.6 Å². The number of rotatable bonds is 5. The molecule has 0 amide bonds. The van der Waals surface area contributed by atoms with Gasteiger partial charge in [-0.2, -0.15) is 0 Å². The summed E-state index contributed by atoms with van der Waals surface area (Å²) in [5.74, 6) is 0.956. The number of hydrogen-bond acceptors (Lipinski definition) is 6. The molecule has 0 spiro atoms. The minimum absolute atomic E-state index is 0.145. The molecule has 6 nitrogen and oxygen atoms in total. The van der Waals surface area contributed by atoms with Gasteiger partial charge in [-0.05, 0) is 78.2 Å². The highest BCUT2D eigenvalue weighted by molar-refractivity contribution is 7.97. The van der Waals surface area contributed by atoms with Gasteiger partial charge in [-0.15, -0.1) is 5.10 Å². The SMILES string of the molecule is CC[C@@H]1CN(Cc2cc(C(O)c3ccc4c(nnn4C)c3C)ccc2C)Sc2ccccc2O1. The van der Waals surface area contributed by atoms with Crippen LogP contribution in [0.25, 0.3) is 11.0 Å². The lowest BCUT2D eigenvalue weighted by Gasteiger charge is -2.23. The minimum Gasteiger partial charge on any atom is -0.488 e. The lowest BCUT2D eigenvalue weighted by atomic mass is 9.94. The molecule has 1 aliphatic heterocycles. The zero-order valence-corrected chi connectivity index (χ0v) is 20.8. The summed E-state index contributed by atoms with van der Waals surface area (Å²) >= 11 is 1.75. The van der Waals surface area contributed by atoms with Gasteiger partial charge < -0.3 is 9.84 Å². The molecular formula is C27H30N4O2S. The predicted octanol–water partition coefficient (Wildman–Crippen LogP) is 5.35. The molecule has 176 valence electrons. The summed E-state index contributed by atoms with van der Waals surface area (Å²) in [7, 11) is 1.88. The highest BCUT2D eigenvalue weighted by Crippen LogP contribution is 2.37. The maximum absolute atomic E-state index is 11.3. The van der Waals surface area contributed by atoms with Gasteiger partial charge in [0.1, 0.15) is 23.5 Å². The molecule has 0 fully saturated rings. The summed E-state index contributed by atoms with van der Waals surface area (Å²) in [6, 6.07) is 18.5. The molecule has 2 heterocycles. The van der Waals surface area contributed by atoms with Crippen LogP contribution in [0.5, 0.6) is 5.75 Å². The van der Waals surface area contributed by atoms with Gasteiger partial charge in [0, 0.05) is 20.1 Å². The number of ether oxygens (including phenoxy) is 1. The monoisotopic (exact) mass is 474 g/mol. The summed E-state index contributed by atoms with van der Waals surface area (Å²) in [5, 5.41) is 19.7. The first-order valence-corrected chi connectivity index (χ1v) is 12.5. The Kier molecular flexibility index (Phi) is 6.34. The molecule has 5 rings (SSSR count). The van der Waals surface area contributed by atoms with Gasteiger partial charge in [0.2, 0.25) is 0 Å². The van der Waals surface area contributed by atoms with Gasteiger partial charge in [-0.25, -0.2) is 8.99 Å². The van der Waals surface area contributed by atoms with E-state index in [0.717, 1.165) is 57.9 Å². The molecule has 0 saturated carbocycles. The second-order valence-electron chi connectivity index (χ2n) is 8.96. The average molecular weight is 475 g/mol. The number of benzene rings is 3. The van der Waals surface area contributed by atoms with E-state index >= 15 is 0 Å². The Hall–Kier alpha value is -2.87. The molecule has 0 radical (unpaired) electrons. The molecule has 4 aromatic rings. The van der Waals surface area contributed by atoms with Crippen LogP contribution in [0, 0.1) is 13.8 Å². The average Bonchev–Trinajstić information content (AvgIpc) is 3.12. The Morgan fingerprint density at radius 1 is 1.15 bits per heavy atom. The van der Waals surface area contributed by atoms with Gasteiger partial charge in [0.05, 0.1) is 10.4 Å².